The minimum absolute atomic E-state index is 0.162. The molecule has 0 amide bonds. The van der Waals surface area contributed by atoms with E-state index in [9.17, 15) is 0 Å². The molecule has 100 valence electrons. The standard InChI is InChI=1S/C13H15BrN4O/c1-8(2)19-10-5-3-9(4-6-10)17-12-11(14)7-16-13(15)18-12/h3-8H,1-2H3,(H3,15,16,17,18). The molecular formula is C13H15BrN4O. The summed E-state index contributed by atoms with van der Waals surface area (Å²) in [6.07, 6.45) is 1.77. The zero-order valence-electron chi connectivity index (χ0n) is 10.7. The number of nitrogen functional groups attached to an aromatic ring is 1. The lowest BCUT2D eigenvalue weighted by molar-refractivity contribution is 0.242. The van der Waals surface area contributed by atoms with E-state index in [2.05, 4.69) is 31.2 Å². The van der Waals surface area contributed by atoms with Gasteiger partial charge in [0.15, 0.2) is 0 Å². The van der Waals surface area contributed by atoms with Gasteiger partial charge in [-0.25, -0.2) is 4.98 Å². The van der Waals surface area contributed by atoms with Crippen molar-refractivity contribution in [1.82, 2.24) is 9.97 Å². The van der Waals surface area contributed by atoms with E-state index < -0.39 is 0 Å². The fourth-order valence-corrected chi connectivity index (χ4v) is 1.78. The lowest BCUT2D eigenvalue weighted by Gasteiger charge is -2.11. The van der Waals surface area contributed by atoms with E-state index in [1.54, 1.807) is 6.20 Å². The predicted molar refractivity (Wildman–Crippen MR) is 79.6 cm³/mol. The molecule has 0 saturated heterocycles. The van der Waals surface area contributed by atoms with Gasteiger partial charge in [-0.3, -0.25) is 0 Å². The second-order valence-corrected chi connectivity index (χ2v) is 5.10. The number of nitrogens with one attached hydrogen (secondary N) is 1. The van der Waals surface area contributed by atoms with Gasteiger partial charge in [-0.2, -0.15) is 4.98 Å². The Labute approximate surface area is 120 Å². The molecule has 0 saturated carbocycles. The summed E-state index contributed by atoms with van der Waals surface area (Å²) in [4.78, 5) is 8.00. The Bertz CT molecular complexity index is 557. The first kappa shape index (κ1) is 13.6. The Balaban J connectivity index is 2.13. The van der Waals surface area contributed by atoms with E-state index >= 15 is 0 Å². The third kappa shape index (κ3) is 3.82. The molecule has 0 radical (unpaired) electrons. The van der Waals surface area contributed by atoms with Gasteiger partial charge in [0.2, 0.25) is 5.95 Å². The zero-order valence-corrected chi connectivity index (χ0v) is 12.3. The van der Waals surface area contributed by atoms with Gasteiger partial charge in [0.1, 0.15) is 11.6 Å². The van der Waals surface area contributed by atoms with Crippen LogP contribution in [0.2, 0.25) is 0 Å². The Kier molecular flexibility index (Phi) is 4.21. The Morgan fingerprint density at radius 1 is 1.26 bits per heavy atom. The van der Waals surface area contributed by atoms with E-state index in [-0.39, 0.29) is 12.1 Å². The summed E-state index contributed by atoms with van der Waals surface area (Å²) in [7, 11) is 0. The molecule has 19 heavy (non-hydrogen) atoms. The van der Waals surface area contributed by atoms with Gasteiger partial charge < -0.3 is 15.8 Å². The molecule has 0 atom stereocenters. The maximum Gasteiger partial charge on any atom is 0.222 e. The number of hydrogen-bond acceptors (Lipinski definition) is 5. The number of halogens is 1. The van der Waals surface area contributed by atoms with E-state index in [1.165, 1.54) is 0 Å². The van der Waals surface area contributed by atoms with Crippen molar-refractivity contribution in [2.75, 3.05) is 11.1 Å². The Morgan fingerprint density at radius 2 is 1.95 bits per heavy atom. The van der Waals surface area contributed by atoms with Crippen LogP contribution >= 0.6 is 15.9 Å². The normalized spacial score (nSPS) is 10.5. The van der Waals surface area contributed by atoms with Gasteiger partial charge in [-0.1, -0.05) is 0 Å². The summed E-state index contributed by atoms with van der Waals surface area (Å²) in [6, 6.07) is 7.65. The van der Waals surface area contributed by atoms with Crippen LogP contribution in [-0.4, -0.2) is 16.1 Å². The van der Waals surface area contributed by atoms with Crippen LogP contribution in [0.15, 0.2) is 34.9 Å². The summed E-state index contributed by atoms with van der Waals surface area (Å²) in [5.41, 5.74) is 6.46. The van der Waals surface area contributed by atoms with Crippen molar-refractivity contribution in [3.05, 3.63) is 34.9 Å². The number of benzene rings is 1. The average molecular weight is 323 g/mol. The topological polar surface area (TPSA) is 73.1 Å². The van der Waals surface area contributed by atoms with Crippen LogP contribution in [-0.2, 0) is 0 Å². The number of ether oxygens (including phenoxy) is 1. The Hall–Kier alpha value is -1.82. The van der Waals surface area contributed by atoms with Crippen LogP contribution in [0.5, 0.6) is 5.75 Å². The molecule has 0 aliphatic heterocycles. The molecule has 1 aromatic carbocycles. The first-order chi connectivity index (χ1) is 9.04. The molecule has 0 aliphatic carbocycles. The maximum absolute atomic E-state index is 5.58. The largest absolute Gasteiger partial charge is 0.491 e. The van der Waals surface area contributed by atoms with E-state index in [0.717, 1.165) is 15.9 Å². The molecule has 0 fully saturated rings. The smallest absolute Gasteiger partial charge is 0.222 e. The minimum atomic E-state index is 0.162. The molecule has 0 bridgehead atoms. The average Bonchev–Trinajstić information content (AvgIpc) is 2.35. The molecule has 6 heteroatoms. The molecule has 2 aromatic rings. The van der Waals surface area contributed by atoms with Crippen molar-refractivity contribution >= 4 is 33.4 Å². The maximum atomic E-state index is 5.58. The SMILES string of the molecule is CC(C)Oc1ccc(Nc2nc(N)ncc2Br)cc1. The lowest BCUT2D eigenvalue weighted by Crippen LogP contribution is -2.05. The number of nitrogens with two attached hydrogens (primary N) is 1. The first-order valence-corrected chi connectivity index (χ1v) is 6.65. The van der Waals surface area contributed by atoms with Gasteiger partial charge >= 0.3 is 0 Å². The molecular weight excluding hydrogens is 308 g/mol. The molecule has 0 spiro atoms. The third-order valence-corrected chi connectivity index (χ3v) is 2.83. The lowest BCUT2D eigenvalue weighted by atomic mass is 10.3. The van der Waals surface area contributed by atoms with Crippen molar-refractivity contribution in [3.63, 3.8) is 0 Å². The monoisotopic (exact) mass is 322 g/mol. The van der Waals surface area contributed by atoms with Crippen molar-refractivity contribution in [2.45, 2.75) is 20.0 Å². The summed E-state index contributed by atoms with van der Waals surface area (Å²) >= 11 is 3.37. The summed E-state index contributed by atoms with van der Waals surface area (Å²) in [5.74, 6) is 1.69. The number of hydrogen-bond donors (Lipinski definition) is 2. The van der Waals surface area contributed by atoms with Gasteiger partial charge in [-0.05, 0) is 54.0 Å². The molecule has 1 aromatic heterocycles. The zero-order chi connectivity index (χ0) is 13.8. The van der Waals surface area contributed by atoms with Crippen molar-refractivity contribution in [1.29, 1.82) is 0 Å². The van der Waals surface area contributed by atoms with Crippen molar-refractivity contribution in [2.24, 2.45) is 0 Å². The summed E-state index contributed by atoms with van der Waals surface area (Å²) in [6.45, 7) is 3.99. The van der Waals surface area contributed by atoms with Crippen LogP contribution in [0.3, 0.4) is 0 Å². The Morgan fingerprint density at radius 3 is 2.58 bits per heavy atom. The number of nitrogens with zero attached hydrogens (tertiary/aromatic N) is 2. The summed E-state index contributed by atoms with van der Waals surface area (Å²) in [5, 5.41) is 3.16. The molecule has 1 heterocycles. The molecule has 0 aliphatic rings. The van der Waals surface area contributed by atoms with Crippen LogP contribution in [0.25, 0.3) is 0 Å². The molecule has 2 rings (SSSR count). The van der Waals surface area contributed by atoms with Crippen LogP contribution in [0.1, 0.15) is 13.8 Å². The number of anilines is 3. The second-order valence-electron chi connectivity index (χ2n) is 4.24. The van der Waals surface area contributed by atoms with Crippen LogP contribution in [0.4, 0.5) is 17.5 Å². The highest BCUT2D eigenvalue weighted by atomic mass is 79.9. The minimum Gasteiger partial charge on any atom is -0.491 e. The number of aromatic nitrogens is 2. The summed E-state index contributed by atoms with van der Waals surface area (Å²) < 4.78 is 6.33. The predicted octanol–water partition coefficient (Wildman–Crippen LogP) is 3.35. The molecule has 5 nitrogen and oxygen atoms in total. The van der Waals surface area contributed by atoms with E-state index in [0.29, 0.717) is 5.82 Å². The molecule has 0 unspecified atom stereocenters. The number of rotatable bonds is 4. The van der Waals surface area contributed by atoms with Crippen LogP contribution in [0, 0.1) is 0 Å². The van der Waals surface area contributed by atoms with Crippen molar-refractivity contribution < 1.29 is 4.74 Å². The van der Waals surface area contributed by atoms with Crippen molar-refractivity contribution in [3.8, 4) is 5.75 Å². The highest BCUT2D eigenvalue weighted by Crippen LogP contribution is 2.25. The van der Waals surface area contributed by atoms with E-state index in [1.807, 2.05) is 38.1 Å². The van der Waals surface area contributed by atoms with Crippen LogP contribution < -0.4 is 15.8 Å². The second kappa shape index (κ2) is 5.88. The van der Waals surface area contributed by atoms with Gasteiger partial charge in [0.05, 0.1) is 10.6 Å². The van der Waals surface area contributed by atoms with Gasteiger partial charge in [-0.15, -0.1) is 0 Å². The fourth-order valence-electron chi connectivity index (χ4n) is 1.49. The highest BCUT2D eigenvalue weighted by molar-refractivity contribution is 9.10. The first-order valence-electron chi connectivity index (χ1n) is 5.86. The van der Waals surface area contributed by atoms with Gasteiger partial charge in [0.25, 0.3) is 0 Å². The molecule has 3 N–H and O–H groups in total. The van der Waals surface area contributed by atoms with Gasteiger partial charge in [0, 0.05) is 11.9 Å². The van der Waals surface area contributed by atoms with E-state index in [4.69, 9.17) is 10.5 Å². The quantitative estimate of drug-likeness (QED) is 0.903. The fraction of sp³-hybridized carbons (Fsp3) is 0.231. The third-order valence-electron chi connectivity index (χ3n) is 2.25. The highest BCUT2D eigenvalue weighted by Gasteiger charge is 2.04.